The molecule has 0 aliphatic carbocycles. The van der Waals surface area contributed by atoms with E-state index in [0.29, 0.717) is 31.5 Å². The van der Waals surface area contributed by atoms with Gasteiger partial charge in [0.25, 0.3) is 11.8 Å². The number of halogens is 1. The van der Waals surface area contributed by atoms with E-state index in [1.807, 2.05) is 23.1 Å². The quantitative estimate of drug-likeness (QED) is 0.730. The first-order valence-electron chi connectivity index (χ1n) is 11.2. The number of hydrogen-bond donors (Lipinski definition) is 1. The Labute approximate surface area is 190 Å². The van der Waals surface area contributed by atoms with Crippen molar-refractivity contribution in [3.63, 3.8) is 0 Å². The van der Waals surface area contributed by atoms with Crippen LogP contribution in [0, 0.1) is 5.82 Å². The number of fused-ring (bicyclic) bond motifs is 1. The molecule has 3 aliphatic rings. The molecule has 5 rings (SSSR count). The van der Waals surface area contributed by atoms with Crippen LogP contribution in [-0.4, -0.2) is 52.6 Å². The van der Waals surface area contributed by atoms with Crippen molar-refractivity contribution in [3.05, 3.63) is 70.5 Å². The van der Waals surface area contributed by atoms with Crippen LogP contribution in [0.4, 0.5) is 4.39 Å². The van der Waals surface area contributed by atoms with Gasteiger partial charge in [0.2, 0.25) is 11.8 Å². The van der Waals surface area contributed by atoms with Crippen molar-refractivity contribution in [2.24, 2.45) is 0 Å². The zero-order valence-corrected chi connectivity index (χ0v) is 18.1. The molecule has 0 saturated carbocycles. The van der Waals surface area contributed by atoms with E-state index in [-0.39, 0.29) is 48.6 Å². The Morgan fingerprint density at radius 2 is 1.73 bits per heavy atom. The number of carbonyl (C=O) groups is 4. The maximum Gasteiger partial charge on any atom is 0.255 e. The molecular formula is C25H24FN3O4. The summed E-state index contributed by atoms with van der Waals surface area (Å²) in [6, 6.07) is 11.1. The van der Waals surface area contributed by atoms with Crippen LogP contribution in [0.25, 0.3) is 0 Å². The number of carbonyl (C=O) groups excluding carboxylic acids is 4. The molecule has 0 aromatic heterocycles. The summed E-state index contributed by atoms with van der Waals surface area (Å²) in [6.07, 6.45) is 1.77. The van der Waals surface area contributed by atoms with Crippen molar-refractivity contribution in [2.45, 2.75) is 44.2 Å². The number of nitrogens with one attached hydrogen (secondary N) is 1. The Morgan fingerprint density at radius 1 is 1.00 bits per heavy atom. The summed E-state index contributed by atoms with van der Waals surface area (Å²) in [4.78, 5) is 52.9. The van der Waals surface area contributed by atoms with Crippen LogP contribution < -0.4 is 5.32 Å². The molecule has 0 radical (unpaired) electrons. The fraction of sp³-hybridized carbons (Fsp3) is 0.360. The van der Waals surface area contributed by atoms with Crippen LogP contribution >= 0.6 is 0 Å². The van der Waals surface area contributed by atoms with Gasteiger partial charge < -0.3 is 9.80 Å². The highest BCUT2D eigenvalue weighted by atomic mass is 19.1. The number of likely N-dealkylation sites (tertiary alicyclic amines) is 1. The van der Waals surface area contributed by atoms with Gasteiger partial charge in [-0.1, -0.05) is 18.2 Å². The van der Waals surface area contributed by atoms with E-state index in [0.717, 1.165) is 11.1 Å². The van der Waals surface area contributed by atoms with Crippen molar-refractivity contribution < 1.29 is 23.6 Å². The third kappa shape index (κ3) is 3.90. The smallest absolute Gasteiger partial charge is 0.255 e. The minimum Gasteiger partial charge on any atom is -0.339 e. The van der Waals surface area contributed by atoms with Crippen molar-refractivity contribution in [1.82, 2.24) is 15.1 Å². The van der Waals surface area contributed by atoms with E-state index >= 15 is 0 Å². The van der Waals surface area contributed by atoms with Crippen LogP contribution in [-0.2, 0) is 16.1 Å². The summed E-state index contributed by atoms with van der Waals surface area (Å²) in [6.45, 7) is 1.32. The van der Waals surface area contributed by atoms with E-state index in [4.69, 9.17) is 0 Å². The summed E-state index contributed by atoms with van der Waals surface area (Å²) >= 11 is 0. The van der Waals surface area contributed by atoms with Crippen LogP contribution in [0.15, 0.2) is 42.5 Å². The topological polar surface area (TPSA) is 86.8 Å². The summed E-state index contributed by atoms with van der Waals surface area (Å²) in [7, 11) is 0. The molecule has 2 saturated heterocycles. The summed E-state index contributed by atoms with van der Waals surface area (Å²) in [5, 5.41) is 2.29. The first-order chi connectivity index (χ1) is 15.9. The van der Waals surface area contributed by atoms with Crippen LogP contribution in [0.3, 0.4) is 0 Å². The normalized spacial score (nSPS) is 21.2. The second-order valence-electron chi connectivity index (χ2n) is 8.85. The number of piperidine rings is 2. The first-order valence-corrected chi connectivity index (χ1v) is 11.2. The number of hydrogen-bond acceptors (Lipinski definition) is 4. The fourth-order valence-corrected chi connectivity index (χ4v) is 5.17. The van der Waals surface area contributed by atoms with Gasteiger partial charge in [0.1, 0.15) is 11.9 Å². The van der Waals surface area contributed by atoms with Gasteiger partial charge in [-0.05, 0) is 60.6 Å². The van der Waals surface area contributed by atoms with E-state index in [2.05, 4.69) is 5.32 Å². The van der Waals surface area contributed by atoms with Gasteiger partial charge >= 0.3 is 0 Å². The molecule has 0 spiro atoms. The second kappa shape index (κ2) is 8.42. The highest BCUT2D eigenvalue weighted by Crippen LogP contribution is 2.38. The Hall–Kier alpha value is -3.55. The average molecular weight is 449 g/mol. The van der Waals surface area contributed by atoms with Crippen molar-refractivity contribution >= 4 is 23.6 Å². The monoisotopic (exact) mass is 449 g/mol. The minimum atomic E-state index is -0.733. The molecule has 1 N–H and O–H groups in total. The summed E-state index contributed by atoms with van der Waals surface area (Å²) < 4.78 is 14.5. The third-order valence-corrected chi connectivity index (χ3v) is 6.90. The Morgan fingerprint density at radius 3 is 2.42 bits per heavy atom. The van der Waals surface area contributed by atoms with Gasteiger partial charge in [0.15, 0.2) is 0 Å². The number of rotatable bonds is 3. The summed E-state index contributed by atoms with van der Waals surface area (Å²) in [5.74, 6) is -1.69. The average Bonchev–Trinajstić information content (AvgIpc) is 3.15. The molecule has 7 nitrogen and oxygen atoms in total. The van der Waals surface area contributed by atoms with Gasteiger partial charge in [-0.3, -0.25) is 24.5 Å². The summed E-state index contributed by atoms with van der Waals surface area (Å²) in [5.41, 5.74) is 2.46. The van der Waals surface area contributed by atoms with Crippen molar-refractivity contribution in [1.29, 1.82) is 0 Å². The lowest BCUT2D eigenvalue weighted by Crippen LogP contribution is -2.52. The molecule has 2 fully saturated rings. The van der Waals surface area contributed by atoms with Gasteiger partial charge in [0, 0.05) is 37.2 Å². The molecule has 3 aliphatic heterocycles. The van der Waals surface area contributed by atoms with Gasteiger partial charge in [-0.25, -0.2) is 4.39 Å². The van der Waals surface area contributed by atoms with E-state index in [1.54, 1.807) is 12.1 Å². The maximum absolute atomic E-state index is 14.5. The number of nitrogens with zero attached hydrogens (tertiary/aromatic N) is 2. The fourth-order valence-electron chi connectivity index (χ4n) is 5.17. The molecule has 4 amide bonds. The Kier molecular flexibility index (Phi) is 5.44. The molecule has 1 atom stereocenters. The molecule has 2 aromatic carbocycles. The molecular weight excluding hydrogens is 425 g/mol. The molecule has 33 heavy (non-hydrogen) atoms. The van der Waals surface area contributed by atoms with Crippen LogP contribution in [0.5, 0.6) is 0 Å². The predicted molar refractivity (Wildman–Crippen MR) is 117 cm³/mol. The molecule has 1 unspecified atom stereocenters. The minimum absolute atomic E-state index is 0.0160. The zero-order chi connectivity index (χ0) is 23.1. The third-order valence-electron chi connectivity index (χ3n) is 6.90. The van der Waals surface area contributed by atoms with Gasteiger partial charge in [-0.15, -0.1) is 0 Å². The molecule has 2 aromatic rings. The second-order valence-corrected chi connectivity index (χ2v) is 8.85. The van der Waals surface area contributed by atoms with Crippen LogP contribution in [0.2, 0.25) is 0 Å². The van der Waals surface area contributed by atoms with E-state index in [9.17, 15) is 23.6 Å². The number of benzene rings is 2. The highest BCUT2D eigenvalue weighted by molar-refractivity contribution is 6.05. The standard InChI is InChI=1S/C25H24FN3O4/c26-17-12-18(15-8-10-28(11-9-15)24(32)16-4-2-1-3-5-16)20-14-29(25(33)19(20)13-17)21-6-7-22(30)27-23(21)31/h1-5,12-13,15,21H,6-11,14H2,(H,27,30,31). The first kappa shape index (κ1) is 21.3. The predicted octanol–water partition coefficient (Wildman–Crippen LogP) is 2.61. The number of amides is 4. The maximum atomic E-state index is 14.5. The Balaban J connectivity index is 1.34. The largest absolute Gasteiger partial charge is 0.339 e. The molecule has 8 heteroatoms. The zero-order valence-electron chi connectivity index (χ0n) is 18.1. The van der Waals surface area contributed by atoms with Gasteiger partial charge in [0.05, 0.1) is 0 Å². The SMILES string of the molecule is O=C1CCC(N2Cc3c(cc(F)cc3C3CCN(C(=O)c4ccccc4)CC3)C2=O)C(=O)N1. The van der Waals surface area contributed by atoms with E-state index in [1.165, 1.54) is 17.0 Å². The molecule has 3 heterocycles. The molecule has 170 valence electrons. The van der Waals surface area contributed by atoms with Crippen LogP contribution in [0.1, 0.15) is 63.4 Å². The lowest BCUT2D eigenvalue weighted by Gasteiger charge is -2.33. The highest BCUT2D eigenvalue weighted by Gasteiger charge is 2.41. The number of imide groups is 1. The lowest BCUT2D eigenvalue weighted by atomic mass is 9.85. The van der Waals surface area contributed by atoms with Crippen molar-refractivity contribution in [3.8, 4) is 0 Å². The van der Waals surface area contributed by atoms with E-state index < -0.39 is 17.8 Å². The lowest BCUT2D eigenvalue weighted by molar-refractivity contribution is -0.136. The Bertz CT molecular complexity index is 1140. The van der Waals surface area contributed by atoms with Crippen molar-refractivity contribution in [2.75, 3.05) is 13.1 Å². The van der Waals surface area contributed by atoms with Gasteiger partial charge in [-0.2, -0.15) is 0 Å². The molecule has 0 bridgehead atoms.